The van der Waals surface area contributed by atoms with Gasteiger partial charge in [0.25, 0.3) is 0 Å². The number of aryl methyl sites for hydroxylation is 1. The molecule has 0 saturated heterocycles. The predicted octanol–water partition coefficient (Wildman–Crippen LogP) is 2.14. The van der Waals surface area contributed by atoms with Crippen LogP contribution in [0.1, 0.15) is 38.3 Å². The lowest BCUT2D eigenvalue weighted by Crippen LogP contribution is -2.75. The minimum atomic E-state index is -0.850. The van der Waals surface area contributed by atoms with Crippen molar-refractivity contribution in [1.29, 1.82) is 0 Å². The summed E-state index contributed by atoms with van der Waals surface area (Å²) < 4.78 is 5.65. The number of nitrogens with two attached hydrogens (primary N) is 1. The van der Waals surface area contributed by atoms with Crippen LogP contribution < -0.4 is 11.1 Å². The molecule has 1 saturated carbocycles. The van der Waals surface area contributed by atoms with Crippen molar-refractivity contribution >= 4 is 5.91 Å². The average molecular weight is 290 g/mol. The molecule has 1 amide bonds. The number of rotatable bonds is 5. The summed E-state index contributed by atoms with van der Waals surface area (Å²) in [7, 11) is 0. The molecular weight excluding hydrogens is 264 g/mol. The van der Waals surface area contributed by atoms with Gasteiger partial charge in [0.1, 0.15) is 5.54 Å². The van der Waals surface area contributed by atoms with Gasteiger partial charge < -0.3 is 15.8 Å². The molecule has 2 atom stereocenters. The summed E-state index contributed by atoms with van der Waals surface area (Å²) in [6.45, 7) is 9.17. The van der Waals surface area contributed by atoms with Gasteiger partial charge in [0.05, 0.1) is 6.10 Å². The van der Waals surface area contributed by atoms with E-state index in [9.17, 15) is 4.79 Å². The number of hydrogen-bond acceptors (Lipinski definition) is 3. The molecule has 0 aromatic heterocycles. The second kappa shape index (κ2) is 5.78. The van der Waals surface area contributed by atoms with Crippen molar-refractivity contribution in [2.24, 2.45) is 11.1 Å². The number of hydrogen-bond donors (Lipinski definition) is 2. The topological polar surface area (TPSA) is 64.3 Å². The third-order valence-corrected chi connectivity index (χ3v) is 4.81. The fourth-order valence-electron chi connectivity index (χ4n) is 2.87. The van der Waals surface area contributed by atoms with Gasteiger partial charge in [0.15, 0.2) is 0 Å². The van der Waals surface area contributed by atoms with E-state index >= 15 is 0 Å². The van der Waals surface area contributed by atoms with Crippen molar-refractivity contribution in [2.75, 3.05) is 6.61 Å². The van der Waals surface area contributed by atoms with Crippen molar-refractivity contribution in [2.45, 2.75) is 52.3 Å². The highest BCUT2D eigenvalue weighted by Gasteiger charge is 2.62. The molecule has 1 aromatic carbocycles. The Morgan fingerprint density at radius 3 is 2.52 bits per heavy atom. The molecule has 4 nitrogen and oxygen atoms in total. The van der Waals surface area contributed by atoms with Crippen molar-refractivity contribution in [3.05, 3.63) is 35.4 Å². The normalized spacial score (nSPS) is 27.0. The summed E-state index contributed by atoms with van der Waals surface area (Å²) in [5.74, 6) is -0.0935. The summed E-state index contributed by atoms with van der Waals surface area (Å²) >= 11 is 0. The summed E-state index contributed by atoms with van der Waals surface area (Å²) in [5, 5.41) is 2.96. The lowest BCUT2D eigenvalue weighted by atomic mass is 9.54. The Morgan fingerprint density at radius 2 is 2.00 bits per heavy atom. The van der Waals surface area contributed by atoms with Crippen LogP contribution in [0.5, 0.6) is 0 Å². The quantitative estimate of drug-likeness (QED) is 0.873. The van der Waals surface area contributed by atoms with Gasteiger partial charge >= 0.3 is 0 Å². The SMILES string of the molecule is CCOC1CC(N)(C(=O)NCc2ccc(C)cc2)C1(C)C. The molecule has 0 bridgehead atoms. The van der Waals surface area contributed by atoms with E-state index in [-0.39, 0.29) is 17.4 Å². The van der Waals surface area contributed by atoms with Crippen molar-refractivity contribution in [3.8, 4) is 0 Å². The molecule has 4 heteroatoms. The van der Waals surface area contributed by atoms with Crippen molar-refractivity contribution in [1.82, 2.24) is 5.32 Å². The van der Waals surface area contributed by atoms with Gasteiger partial charge in [-0.1, -0.05) is 43.7 Å². The maximum atomic E-state index is 12.5. The number of carbonyl (C=O) groups is 1. The first kappa shape index (κ1) is 16.0. The first-order chi connectivity index (χ1) is 9.81. The smallest absolute Gasteiger partial charge is 0.241 e. The highest BCUT2D eigenvalue weighted by atomic mass is 16.5. The molecule has 116 valence electrons. The molecule has 3 N–H and O–H groups in total. The standard InChI is InChI=1S/C17H26N2O2/c1-5-21-14-10-17(18,16(14,3)4)15(20)19-11-13-8-6-12(2)7-9-13/h6-9,14H,5,10-11,18H2,1-4H3,(H,19,20). The van der Waals surface area contributed by atoms with E-state index in [0.29, 0.717) is 19.6 Å². The van der Waals surface area contributed by atoms with Crippen LogP contribution in [0.25, 0.3) is 0 Å². The van der Waals surface area contributed by atoms with Crippen LogP contribution in [0.3, 0.4) is 0 Å². The van der Waals surface area contributed by atoms with Gasteiger partial charge in [-0.15, -0.1) is 0 Å². The van der Waals surface area contributed by atoms with Crippen LogP contribution in [0, 0.1) is 12.3 Å². The number of amides is 1. The van der Waals surface area contributed by atoms with E-state index < -0.39 is 5.54 Å². The van der Waals surface area contributed by atoms with Gasteiger partial charge in [-0.05, 0) is 19.4 Å². The lowest BCUT2D eigenvalue weighted by Gasteiger charge is -2.57. The van der Waals surface area contributed by atoms with Gasteiger partial charge in [-0.25, -0.2) is 0 Å². The Balaban J connectivity index is 1.96. The number of nitrogens with one attached hydrogen (secondary N) is 1. The van der Waals surface area contributed by atoms with Crippen LogP contribution in [0.15, 0.2) is 24.3 Å². The van der Waals surface area contributed by atoms with Crippen LogP contribution >= 0.6 is 0 Å². The van der Waals surface area contributed by atoms with Crippen molar-refractivity contribution in [3.63, 3.8) is 0 Å². The largest absolute Gasteiger partial charge is 0.378 e. The number of carbonyl (C=O) groups excluding carboxylic acids is 1. The zero-order valence-corrected chi connectivity index (χ0v) is 13.4. The van der Waals surface area contributed by atoms with E-state index in [4.69, 9.17) is 10.5 Å². The Bertz CT molecular complexity index is 510. The van der Waals surface area contributed by atoms with E-state index in [1.165, 1.54) is 5.56 Å². The second-order valence-corrected chi connectivity index (χ2v) is 6.51. The molecule has 1 aliphatic rings. The Labute approximate surface area is 127 Å². The Morgan fingerprint density at radius 1 is 1.38 bits per heavy atom. The van der Waals surface area contributed by atoms with E-state index in [0.717, 1.165) is 5.56 Å². The monoisotopic (exact) mass is 290 g/mol. The molecule has 1 aliphatic carbocycles. The predicted molar refractivity (Wildman–Crippen MR) is 83.8 cm³/mol. The van der Waals surface area contributed by atoms with E-state index in [2.05, 4.69) is 5.32 Å². The second-order valence-electron chi connectivity index (χ2n) is 6.51. The van der Waals surface area contributed by atoms with Gasteiger partial charge in [0.2, 0.25) is 5.91 Å². The highest BCUT2D eigenvalue weighted by molar-refractivity contribution is 5.88. The molecule has 0 aliphatic heterocycles. The summed E-state index contributed by atoms with van der Waals surface area (Å²) in [6.07, 6.45) is 0.630. The third kappa shape index (κ3) is 2.83. The highest BCUT2D eigenvalue weighted by Crippen LogP contribution is 2.49. The molecule has 1 fully saturated rings. The maximum absolute atomic E-state index is 12.5. The van der Waals surface area contributed by atoms with Crippen LogP contribution in [-0.2, 0) is 16.1 Å². The zero-order valence-electron chi connectivity index (χ0n) is 13.4. The first-order valence-electron chi connectivity index (χ1n) is 7.55. The maximum Gasteiger partial charge on any atom is 0.241 e. The molecule has 0 heterocycles. The fraction of sp³-hybridized carbons (Fsp3) is 0.588. The lowest BCUT2D eigenvalue weighted by molar-refractivity contribution is -0.170. The van der Waals surface area contributed by atoms with Gasteiger partial charge in [-0.2, -0.15) is 0 Å². The first-order valence-corrected chi connectivity index (χ1v) is 7.55. The minimum Gasteiger partial charge on any atom is -0.378 e. The molecule has 2 rings (SSSR count). The molecule has 2 unspecified atom stereocenters. The number of ether oxygens (including phenoxy) is 1. The van der Waals surface area contributed by atoms with E-state index in [1.807, 2.05) is 52.0 Å². The van der Waals surface area contributed by atoms with Crippen LogP contribution in [-0.4, -0.2) is 24.2 Å². The van der Waals surface area contributed by atoms with Crippen molar-refractivity contribution < 1.29 is 9.53 Å². The summed E-state index contributed by atoms with van der Waals surface area (Å²) in [5.41, 5.74) is 7.43. The molecule has 1 aromatic rings. The number of benzene rings is 1. The van der Waals surface area contributed by atoms with E-state index in [1.54, 1.807) is 0 Å². The third-order valence-electron chi connectivity index (χ3n) is 4.81. The molecule has 0 radical (unpaired) electrons. The fourth-order valence-corrected chi connectivity index (χ4v) is 2.87. The van der Waals surface area contributed by atoms with Gasteiger partial charge in [-0.3, -0.25) is 4.79 Å². The Kier molecular flexibility index (Phi) is 4.40. The average Bonchev–Trinajstić information content (AvgIpc) is 2.45. The van der Waals surface area contributed by atoms with Crippen LogP contribution in [0.4, 0.5) is 0 Å². The van der Waals surface area contributed by atoms with Gasteiger partial charge in [0, 0.05) is 25.0 Å². The minimum absolute atomic E-state index is 0.0534. The molecule has 0 spiro atoms. The Hall–Kier alpha value is -1.39. The summed E-state index contributed by atoms with van der Waals surface area (Å²) in [4.78, 5) is 12.5. The summed E-state index contributed by atoms with van der Waals surface area (Å²) in [6, 6.07) is 8.12. The zero-order chi connectivity index (χ0) is 15.7. The molecule has 21 heavy (non-hydrogen) atoms. The van der Waals surface area contributed by atoms with Crippen LogP contribution in [0.2, 0.25) is 0 Å². The molecular formula is C17H26N2O2.